The molecule has 28 heavy (non-hydrogen) atoms. The zero-order valence-corrected chi connectivity index (χ0v) is 16.1. The Morgan fingerprint density at radius 1 is 1.14 bits per heavy atom. The molecule has 0 heterocycles. The molecule has 0 saturated heterocycles. The molecule has 0 fully saturated rings. The maximum absolute atomic E-state index is 12.0. The van der Waals surface area contributed by atoms with Crippen LogP contribution in [-0.2, 0) is 4.79 Å². The number of fused-ring (bicyclic) bond motifs is 1. The Labute approximate surface area is 164 Å². The molecule has 0 bridgehead atoms. The number of amides is 1. The van der Waals surface area contributed by atoms with Crippen LogP contribution in [0.1, 0.15) is 37.3 Å². The van der Waals surface area contributed by atoms with E-state index in [2.05, 4.69) is 24.4 Å². The van der Waals surface area contributed by atoms with Crippen LogP contribution in [0.5, 0.6) is 11.5 Å². The molecule has 0 aliphatic carbocycles. The molecule has 3 aromatic carbocycles. The average molecular weight is 376 g/mol. The van der Waals surface area contributed by atoms with Crippen LogP contribution in [0.25, 0.3) is 10.8 Å². The summed E-state index contributed by atoms with van der Waals surface area (Å²) in [6.07, 6.45) is 2.52. The molecule has 0 aromatic heterocycles. The quantitative estimate of drug-likeness (QED) is 0.468. The standard InChI is InChI=1S/C23H24N2O3/c1-3-16(2)17-8-11-19(12-9-17)28-15-23(27)25-24-14-21-20-7-5-4-6-18(20)10-13-22(21)26/h4-14,16,26H,3,15H2,1-2H3,(H,25,27)/b24-14+. The van der Waals surface area contributed by atoms with E-state index >= 15 is 0 Å². The first-order valence-corrected chi connectivity index (χ1v) is 9.34. The molecular formula is C23H24N2O3. The van der Waals surface area contributed by atoms with E-state index in [9.17, 15) is 9.90 Å². The van der Waals surface area contributed by atoms with Crippen molar-refractivity contribution in [2.75, 3.05) is 6.61 Å². The van der Waals surface area contributed by atoms with E-state index in [4.69, 9.17) is 4.74 Å². The van der Waals surface area contributed by atoms with Crippen molar-refractivity contribution in [3.05, 3.63) is 71.8 Å². The summed E-state index contributed by atoms with van der Waals surface area (Å²) in [5.41, 5.74) is 4.23. The summed E-state index contributed by atoms with van der Waals surface area (Å²) in [7, 11) is 0. The van der Waals surface area contributed by atoms with Crippen molar-refractivity contribution >= 4 is 22.9 Å². The van der Waals surface area contributed by atoms with Gasteiger partial charge in [-0.25, -0.2) is 5.43 Å². The zero-order valence-electron chi connectivity index (χ0n) is 16.1. The highest BCUT2D eigenvalue weighted by Crippen LogP contribution is 2.25. The molecule has 1 atom stereocenters. The predicted molar refractivity (Wildman–Crippen MR) is 112 cm³/mol. The van der Waals surface area contributed by atoms with Crippen molar-refractivity contribution in [1.29, 1.82) is 0 Å². The maximum Gasteiger partial charge on any atom is 0.277 e. The fraction of sp³-hybridized carbons (Fsp3) is 0.217. The molecule has 5 heteroatoms. The van der Waals surface area contributed by atoms with Crippen LogP contribution in [-0.4, -0.2) is 23.8 Å². The lowest BCUT2D eigenvalue weighted by Crippen LogP contribution is -2.24. The van der Waals surface area contributed by atoms with E-state index in [1.807, 2.05) is 54.6 Å². The van der Waals surface area contributed by atoms with Gasteiger partial charge in [-0.1, -0.05) is 56.3 Å². The Kier molecular flexibility index (Phi) is 6.27. The fourth-order valence-corrected chi connectivity index (χ4v) is 2.90. The lowest BCUT2D eigenvalue weighted by molar-refractivity contribution is -0.123. The van der Waals surface area contributed by atoms with Crippen LogP contribution in [0.3, 0.4) is 0 Å². The third-order valence-electron chi connectivity index (χ3n) is 4.76. The lowest BCUT2D eigenvalue weighted by Gasteiger charge is -2.10. The third-order valence-corrected chi connectivity index (χ3v) is 4.76. The van der Waals surface area contributed by atoms with Gasteiger partial charge in [0.15, 0.2) is 6.61 Å². The van der Waals surface area contributed by atoms with Gasteiger partial charge >= 0.3 is 0 Å². The van der Waals surface area contributed by atoms with Crippen molar-refractivity contribution < 1.29 is 14.6 Å². The maximum atomic E-state index is 12.0. The number of carbonyl (C=O) groups excluding carboxylic acids is 1. The topological polar surface area (TPSA) is 70.9 Å². The molecule has 0 aliphatic rings. The summed E-state index contributed by atoms with van der Waals surface area (Å²) in [6, 6.07) is 18.9. The number of ether oxygens (including phenoxy) is 1. The Balaban J connectivity index is 1.57. The predicted octanol–water partition coefficient (Wildman–Crippen LogP) is 4.59. The largest absolute Gasteiger partial charge is 0.507 e. The smallest absolute Gasteiger partial charge is 0.277 e. The van der Waals surface area contributed by atoms with Gasteiger partial charge in [0, 0.05) is 5.56 Å². The van der Waals surface area contributed by atoms with Gasteiger partial charge in [-0.15, -0.1) is 0 Å². The first-order valence-electron chi connectivity index (χ1n) is 9.34. The minimum absolute atomic E-state index is 0.106. The van der Waals surface area contributed by atoms with Gasteiger partial charge < -0.3 is 9.84 Å². The molecule has 3 rings (SSSR count). The second kappa shape index (κ2) is 9.04. The first kappa shape index (κ1) is 19.4. The van der Waals surface area contributed by atoms with Crippen LogP contribution in [0, 0.1) is 0 Å². The van der Waals surface area contributed by atoms with Gasteiger partial charge in [-0.3, -0.25) is 4.79 Å². The minimum atomic E-state index is -0.373. The number of hydrazone groups is 1. The number of nitrogens with zero attached hydrogens (tertiary/aromatic N) is 1. The van der Waals surface area contributed by atoms with Gasteiger partial charge in [0.2, 0.25) is 0 Å². The van der Waals surface area contributed by atoms with E-state index in [0.717, 1.165) is 17.2 Å². The highest BCUT2D eigenvalue weighted by Gasteiger charge is 2.06. The van der Waals surface area contributed by atoms with Crippen LogP contribution < -0.4 is 10.2 Å². The number of aromatic hydroxyl groups is 1. The van der Waals surface area contributed by atoms with Crippen molar-refractivity contribution in [2.45, 2.75) is 26.2 Å². The molecule has 0 aliphatic heterocycles. The van der Waals surface area contributed by atoms with Gasteiger partial charge in [0.05, 0.1) is 6.21 Å². The SMILES string of the molecule is CCC(C)c1ccc(OCC(=O)N/N=C/c2c(O)ccc3ccccc23)cc1. The van der Waals surface area contributed by atoms with Crippen molar-refractivity contribution in [1.82, 2.24) is 5.43 Å². The number of nitrogens with one attached hydrogen (secondary N) is 1. The minimum Gasteiger partial charge on any atom is -0.507 e. The summed E-state index contributed by atoms with van der Waals surface area (Å²) in [5, 5.41) is 15.9. The number of rotatable bonds is 7. The molecule has 2 N–H and O–H groups in total. The Bertz CT molecular complexity index is 981. The number of benzene rings is 3. The number of phenols is 1. The fourth-order valence-electron chi connectivity index (χ4n) is 2.90. The average Bonchev–Trinajstić information content (AvgIpc) is 2.73. The number of phenolic OH excluding ortho intramolecular Hbond substituents is 1. The second-order valence-electron chi connectivity index (χ2n) is 6.68. The third kappa shape index (κ3) is 4.68. The number of carbonyl (C=O) groups is 1. The van der Waals surface area contributed by atoms with Gasteiger partial charge in [-0.05, 0) is 46.9 Å². The molecule has 3 aromatic rings. The second-order valence-corrected chi connectivity index (χ2v) is 6.68. The highest BCUT2D eigenvalue weighted by atomic mass is 16.5. The highest BCUT2D eigenvalue weighted by molar-refractivity contribution is 6.02. The number of hydrogen-bond donors (Lipinski definition) is 2. The first-order chi connectivity index (χ1) is 13.6. The Morgan fingerprint density at radius 3 is 2.64 bits per heavy atom. The van der Waals surface area contributed by atoms with Gasteiger partial charge in [0.25, 0.3) is 5.91 Å². The van der Waals surface area contributed by atoms with E-state index in [0.29, 0.717) is 17.2 Å². The van der Waals surface area contributed by atoms with E-state index in [1.165, 1.54) is 11.8 Å². The van der Waals surface area contributed by atoms with Gasteiger partial charge in [0.1, 0.15) is 11.5 Å². The van der Waals surface area contributed by atoms with E-state index < -0.39 is 0 Å². The summed E-state index contributed by atoms with van der Waals surface area (Å²) in [6.45, 7) is 4.19. The molecule has 1 amide bonds. The van der Waals surface area contributed by atoms with Crippen molar-refractivity contribution in [3.8, 4) is 11.5 Å². The summed E-state index contributed by atoms with van der Waals surface area (Å²) >= 11 is 0. The molecule has 0 spiro atoms. The molecule has 5 nitrogen and oxygen atoms in total. The van der Waals surface area contributed by atoms with E-state index in [-0.39, 0.29) is 18.3 Å². The Morgan fingerprint density at radius 2 is 1.89 bits per heavy atom. The monoisotopic (exact) mass is 376 g/mol. The molecule has 144 valence electrons. The van der Waals surface area contributed by atoms with Crippen LogP contribution >= 0.6 is 0 Å². The Hall–Kier alpha value is -3.34. The molecular weight excluding hydrogens is 352 g/mol. The number of hydrogen-bond acceptors (Lipinski definition) is 4. The molecule has 0 saturated carbocycles. The molecule has 0 radical (unpaired) electrons. The molecule has 1 unspecified atom stereocenters. The normalized spacial score (nSPS) is 12.2. The summed E-state index contributed by atoms with van der Waals surface area (Å²) < 4.78 is 5.50. The summed E-state index contributed by atoms with van der Waals surface area (Å²) in [5.74, 6) is 0.867. The summed E-state index contributed by atoms with van der Waals surface area (Å²) in [4.78, 5) is 12.0. The van der Waals surface area contributed by atoms with Crippen molar-refractivity contribution in [2.24, 2.45) is 5.10 Å². The van der Waals surface area contributed by atoms with Crippen LogP contribution in [0.15, 0.2) is 65.8 Å². The van der Waals surface area contributed by atoms with E-state index in [1.54, 1.807) is 6.07 Å². The zero-order chi connectivity index (χ0) is 19.9. The van der Waals surface area contributed by atoms with Gasteiger partial charge in [-0.2, -0.15) is 5.10 Å². The lowest BCUT2D eigenvalue weighted by atomic mass is 9.99. The van der Waals surface area contributed by atoms with Crippen molar-refractivity contribution in [3.63, 3.8) is 0 Å². The van der Waals surface area contributed by atoms with Crippen LogP contribution in [0.4, 0.5) is 0 Å². The van der Waals surface area contributed by atoms with Crippen LogP contribution in [0.2, 0.25) is 0 Å².